The van der Waals surface area contributed by atoms with Crippen molar-refractivity contribution >= 4 is 24.3 Å². The zero-order chi connectivity index (χ0) is 21.2. The van der Waals surface area contributed by atoms with Crippen LogP contribution in [0.1, 0.15) is 44.6 Å². The Kier molecular flexibility index (Phi) is 8.02. The van der Waals surface area contributed by atoms with Gasteiger partial charge in [-0.15, -0.1) is 0 Å². The van der Waals surface area contributed by atoms with E-state index in [1.54, 1.807) is 7.11 Å². The average molecular weight is 402 g/mol. The van der Waals surface area contributed by atoms with E-state index in [2.05, 4.69) is 78.4 Å². The summed E-state index contributed by atoms with van der Waals surface area (Å²) in [6, 6.07) is 0. The number of nitrogens with zero attached hydrogens (tertiary/aromatic N) is 3. The fourth-order valence-electron chi connectivity index (χ4n) is 3.63. The van der Waals surface area contributed by atoms with Gasteiger partial charge in [-0.1, -0.05) is 55.5 Å². The summed E-state index contributed by atoms with van der Waals surface area (Å²) >= 11 is 0. The third kappa shape index (κ3) is 5.47. The number of aromatic nitrogens is 2. The van der Waals surface area contributed by atoms with Crippen molar-refractivity contribution in [3.05, 3.63) is 83.9 Å². The van der Waals surface area contributed by atoms with E-state index in [4.69, 9.17) is 4.74 Å². The number of hydrogen-bond donors (Lipinski definition) is 0. The number of ether oxygens (including phenoxy) is 1. The van der Waals surface area contributed by atoms with Crippen molar-refractivity contribution in [2.24, 2.45) is 10.9 Å². The summed E-state index contributed by atoms with van der Waals surface area (Å²) < 4.78 is 7.16. The highest BCUT2D eigenvalue weighted by molar-refractivity contribution is 5.86. The maximum Gasteiger partial charge on any atom is 0.162 e. The molecule has 2 aliphatic rings. The number of aliphatic imine (C=N–C) groups is 1. The van der Waals surface area contributed by atoms with Crippen molar-refractivity contribution in [1.29, 1.82) is 0 Å². The van der Waals surface area contributed by atoms with Crippen LogP contribution in [0.4, 0.5) is 5.82 Å². The molecule has 1 heterocycles. The first-order valence-electron chi connectivity index (χ1n) is 10.6. The second-order valence-corrected chi connectivity index (χ2v) is 7.27. The zero-order valence-corrected chi connectivity index (χ0v) is 18.0. The topological polar surface area (TPSA) is 39.4 Å². The molecule has 0 radical (unpaired) electrons. The molecule has 3 rings (SSSR count). The number of rotatable bonds is 7. The molecule has 156 valence electrons. The summed E-state index contributed by atoms with van der Waals surface area (Å²) in [6.07, 6.45) is 30.5. The minimum Gasteiger partial charge on any atom is -0.497 e. The molecule has 4 nitrogen and oxygen atoms in total. The molecule has 1 aromatic heterocycles. The normalized spacial score (nSPS) is 20.9. The number of hydrogen-bond acceptors (Lipinski definition) is 3. The summed E-state index contributed by atoms with van der Waals surface area (Å²) in [5.41, 5.74) is 3.38. The fourth-order valence-corrected chi connectivity index (χ4v) is 3.63. The SMILES string of the molecule is C=Nc1c(/C(=C/CC)C2=CC/C=C\CC=C2)cnn1/C=C/C1C=CC(OC)=CCC1. The Morgan fingerprint density at radius 3 is 2.93 bits per heavy atom. The van der Waals surface area contributed by atoms with Crippen molar-refractivity contribution in [2.75, 3.05) is 7.11 Å². The third-order valence-corrected chi connectivity index (χ3v) is 5.20. The Labute approximate surface area is 180 Å². The highest BCUT2D eigenvalue weighted by atomic mass is 16.5. The van der Waals surface area contributed by atoms with Gasteiger partial charge in [-0.25, -0.2) is 9.67 Å². The summed E-state index contributed by atoms with van der Waals surface area (Å²) in [5, 5.41) is 4.59. The van der Waals surface area contributed by atoms with Crippen LogP contribution < -0.4 is 0 Å². The van der Waals surface area contributed by atoms with E-state index in [1.807, 2.05) is 23.2 Å². The molecule has 0 saturated heterocycles. The second-order valence-electron chi connectivity index (χ2n) is 7.27. The standard InChI is InChI=1S/C26H31N3O/c1-4-11-24(22-13-8-6-5-7-9-14-22)25-20-28-29(26(25)27-2)19-18-21-12-10-15-23(30-3)17-16-21/h5-6,9,11,13-21H,2,4,7-8,10,12H2,1,3H3/b6-5-,14-9?,19-18+,22-13?,24-11+. The van der Waals surface area contributed by atoms with Gasteiger partial charge >= 0.3 is 0 Å². The largest absolute Gasteiger partial charge is 0.497 e. The second kappa shape index (κ2) is 11.1. The van der Waals surface area contributed by atoms with Crippen molar-refractivity contribution in [3.63, 3.8) is 0 Å². The Morgan fingerprint density at radius 2 is 2.13 bits per heavy atom. The van der Waals surface area contributed by atoms with Crippen LogP contribution in [-0.4, -0.2) is 23.6 Å². The summed E-state index contributed by atoms with van der Waals surface area (Å²) in [7, 11) is 1.71. The van der Waals surface area contributed by atoms with Crippen LogP contribution in [0.25, 0.3) is 11.8 Å². The minimum atomic E-state index is 0.327. The maximum absolute atomic E-state index is 5.33. The predicted octanol–water partition coefficient (Wildman–Crippen LogP) is 6.81. The van der Waals surface area contributed by atoms with Crippen molar-refractivity contribution in [3.8, 4) is 0 Å². The van der Waals surface area contributed by atoms with Crippen LogP contribution in [0.3, 0.4) is 0 Å². The van der Waals surface area contributed by atoms with Crippen LogP contribution in [0.2, 0.25) is 0 Å². The first-order chi connectivity index (χ1) is 14.8. The minimum absolute atomic E-state index is 0.327. The molecule has 0 fully saturated rings. The number of methoxy groups -OCH3 is 1. The number of allylic oxidation sites excluding steroid dienone is 12. The Balaban J connectivity index is 1.88. The van der Waals surface area contributed by atoms with Crippen LogP contribution in [0.5, 0.6) is 0 Å². The Morgan fingerprint density at radius 1 is 1.27 bits per heavy atom. The molecule has 0 amide bonds. The van der Waals surface area contributed by atoms with Crippen LogP contribution in [-0.2, 0) is 4.74 Å². The average Bonchev–Trinajstić information content (AvgIpc) is 2.99. The molecular formula is C26H31N3O. The Bertz CT molecular complexity index is 951. The fraction of sp³-hybridized carbons (Fsp3) is 0.308. The lowest BCUT2D eigenvalue weighted by molar-refractivity contribution is 0.305. The summed E-state index contributed by atoms with van der Waals surface area (Å²) in [4.78, 5) is 4.32. The van der Waals surface area contributed by atoms with Crippen molar-refractivity contribution < 1.29 is 4.74 Å². The maximum atomic E-state index is 5.33. The molecule has 0 aromatic carbocycles. The molecule has 2 aliphatic carbocycles. The highest BCUT2D eigenvalue weighted by Gasteiger charge is 2.15. The third-order valence-electron chi connectivity index (χ3n) is 5.20. The Hall–Kier alpha value is -3.14. The van der Waals surface area contributed by atoms with Gasteiger partial charge in [-0.3, -0.25) is 0 Å². The molecule has 0 saturated carbocycles. The monoisotopic (exact) mass is 401 g/mol. The lowest BCUT2D eigenvalue weighted by atomic mass is 9.96. The van der Waals surface area contributed by atoms with E-state index >= 15 is 0 Å². The molecule has 0 N–H and O–H groups in total. The molecular weight excluding hydrogens is 370 g/mol. The van der Waals surface area contributed by atoms with Gasteiger partial charge < -0.3 is 4.74 Å². The lowest BCUT2D eigenvalue weighted by Crippen LogP contribution is -1.94. The quantitative estimate of drug-likeness (QED) is 0.372. The van der Waals surface area contributed by atoms with Gasteiger partial charge in [0.05, 0.1) is 13.3 Å². The van der Waals surface area contributed by atoms with Gasteiger partial charge in [0.1, 0.15) is 5.76 Å². The summed E-state index contributed by atoms with van der Waals surface area (Å²) in [5.74, 6) is 2.02. The van der Waals surface area contributed by atoms with Gasteiger partial charge in [0.15, 0.2) is 5.82 Å². The van der Waals surface area contributed by atoms with Crippen LogP contribution in [0, 0.1) is 5.92 Å². The molecule has 0 spiro atoms. The zero-order valence-electron chi connectivity index (χ0n) is 18.0. The summed E-state index contributed by atoms with van der Waals surface area (Å²) in [6.45, 7) is 5.97. The lowest BCUT2D eigenvalue weighted by Gasteiger charge is -2.10. The van der Waals surface area contributed by atoms with Gasteiger partial charge in [0.25, 0.3) is 0 Å². The van der Waals surface area contributed by atoms with Crippen LogP contribution >= 0.6 is 0 Å². The molecule has 0 aliphatic heterocycles. The van der Waals surface area contributed by atoms with Crippen LogP contribution in [0.15, 0.2) is 83.3 Å². The van der Waals surface area contributed by atoms with Crippen molar-refractivity contribution in [1.82, 2.24) is 9.78 Å². The first-order valence-corrected chi connectivity index (χ1v) is 10.6. The molecule has 1 aromatic rings. The van der Waals surface area contributed by atoms with Gasteiger partial charge in [-0.05, 0) is 68.0 Å². The van der Waals surface area contributed by atoms with Gasteiger partial charge in [-0.2, -0.15) is 5.10 Å². The van der Waals surface area contributed by atoms with Gasteiger partial charge in [0, 0.05) is 11.8 Å². The molecule has 30 heavy (non-hydrogen) atoms. The van der Waals surface area contributed by atoms with E-state index in [1.165, 1.54) is 5.57 Å². The van der Waals surface area contributed by atoms with E-state index in [0.29, 0.717) is 5.92 Å². The smallest absolute Gasteiger partial charge is 0.162 e. The molecule has 1 atom stereocenters. The molecule has 4 heteroatoms. The predicted molar refractivity (Wildman–Crippen MR) is 128 cm³/mol. The molecule has 0 bridgehead atoms. The highest BCUT2D eigenvalue weighted by Crippen LogP contribution is 2.33. The van der Waals surface area contributed by atoms with E-state index < -0.39 is 0 Å². The van der Waals surface area contributed by atoms with E-state index in [9.17, 15) is 0 Å². The van der Waals surface area contributed by atoms with E-state index in [-0.39, 0.29) is 0 Å². The molecule has 1 unspecified atom stereocenters. The first kappa shape index (κ1) is 21.6. The van der Waals surface area contributed by atoms with E-state index in [0.717, 1.165) is 54.8 Å². The van der Waals surface area contributed by atoms with Crippen molar-refractivity contribution in [2.45, 2.75) is 39.0 Å². The van der Waals surface area contributed by atoms with Gasteiger partial charge in [0.2, 0.25) is 0 Å².